The minimum atomic E-state index is -0.387. The number of nitrogens with one attached hydrogen (secondary N) is 2. The van der Waals surface area contributed by atoms with Crippen molar-refractivity contribution in [3.8, 4) is 5.75 Å². The molecule has 5 rings (SSSR count). The summed E-state index contributed by atoms with van der Waals surface area (Å²) in [5, 5.41) is 12.2. The van der Waals surface area contributed by atoms with Crippen LogP contribution in [0.15, 0.2) is 48.9 Å². The largest absolute Gasteiger partial charge is 0.486 e. The number of pyridine rings is 2. The summed E-state index contributed by atoms with van der Waals surface area (Å²) in [7, 11) is 0. The molecule has 2 N–H and O–H groups in total. The van der Waals surface area contributed by atoms with Crippen molar-refractivity contribution < 1.29 is 9.13 Å². The number of rotatable bonds is 7. The van der Waals surface area contributed by atoms with Crippen LogP contribution in [0.5, 0.6) is 5.75 Å². The SMILES string of the molecule is Cc1cncc(Cl)c1[C@@H](C)Oc1ccc2n[nH]c(/C=C(\F)c3ccc(NC4CCCCCCCCC4)nc3)c2c1. The lowest BCUT2D eigenvalue weighted by Crippen LogP contribution is -2.20. The second kappa shape index (κ2) is 13.3. The summed E-state index contributed by atoms with van der Waals surface area (Å²) in [5.41, 5.74) is 3.55. The Morgan fingerprint density at radius 1 is 1.05 bits per heavy atom. The quantitative estimate of drug-likeness (QED) is 0.235. The second-order valence-electron chi connectivity index (χ2n) is 10.7. The van der Waals surface area contributed by atoms with E-state index in [1.54, 1.807) is 24.7 Å². The maximum atomic E-state index is 15.3. The van der Waals surface area contributed by atoms with Crippen LogP contribution in [0.4, 0.5) is 10.2 Å². The van der Waals surface area contributed by atoms with Crippen LogP contribution in [0, 0.1) is 6.92 Å². The van der Waals surface area contributed by atoms with Crippen LogP contribution in [0.2, 0.25) is 5.02 Å². The van der Waals surface area contributed by atoms with Gasteiger partial charge < -0.3 is 10.1 Å². The van der Waals surface area contributed by atoms with Gasteiger partial charge in [-0.05, 0) is 62.6 Å². The average molecular weight is 562 g/mol. The second-order valence-corrected chi connectivity index (χ2v) is 11.2. The van der Waals surface area contributed by atoms with Crippen LogP contribution in [0.25, 0.3) is 22.8 Å². The number of nitrogens with zero attached hydrogens (tertiary/aromatic N) is 3. The van der Waals surface area contributed by atoms with Crippen LogP contribution in [0.3, 0.4) is 0 Å². The molecule has 3 heterocycles. The first-order valence-electron chi connectivity index (χ1n) is 14.3. The molecule has 1 fully saturated rings. The third-order valence-electron chi connectivity index (χ3n) is 7.68. The number of ether oxygens (including phenoxy) is 1. The highest BCUT2D eigenvalue weighted by atomic mass is 35.5. The minimum absolute atomic E-state index is 0.287. The fraction of sp³-hybridized carbons (Fsp3) is 0.406. The number of H-pyrrole nitrogens is 1. The van der Waals surface area contributed by atoms with Crippen LogP contribution < -0.4 is 10.1 Å². The van der Waals surface area contributed by atoms with Crippen molar-refractivity contribution in [1.82, 2.24) is 20.2 Å². The van der Waals surface area contributed by atoms with Crippen LogP contribution in [-0.4, -0.2) is 26.2 Å². The summed E-state index contributed by atoms with van der Waals surface area (Å²) in [5.74, 6) is 1.05. The van der Waals surface area contributed by atoms with Gasteiger partial charge in [0.25, 0.3) is 0 Å². The number of fused-ring (bicyclic) bond motifs is 1. The van der Waals surface area contributed by atoms with Crippen molar-refractivity contribution in [3.63, 3.8) is 0 Å². The molecule has 0 spiro atoms. The normalized spacial score (nSPS) is 16.6. The van der Waals surface area contributed by atoms with Crippen molar-refractivity contribution in [2.45, 2.75) is 83.8 Å². The van der Waals surface area contributed by atoms with E-state index in [1.807, 2.05) is 38.1 Å². The molecule has 1 aromatic carbocycles. The standard InChI is InChI=1S/C32H37ClFN5O/c1-21-18-35-20-27(33)32(21)22(2)40-25-13-14-29-26(16-25)30(39-38-29)17-28(34)23-12-15-31(36-19-23)37-24-10-8-6-4-3-5-7-9-11-24/h12-20,22,24H,3-11H2,1-2H3,(H,36,37)(H,38,39)/b28-17-/t22-/m1/s1. The van der Waals surface area contributed by atoms with Gasteiger partial charge in [-0.15, -0.1) is 0 Å². The van der Waals surface area contributed by atoms with E-state index in [2.05, 4.69) is 25.5 Å². The summed E-state index contributed by atoms with van der Waals surface area (Å²) in [6.07, 6.45) is 17.6. The number of halogens is 2. The zero-order valence-corrected chi connectivity index (χ0v) is 24.0. The molecule has 4 aromatic rings. The topological polar surface area (TPSA) is 75.7 Å². The molecule has 1 aliphatic rings. The molecule has 1 saturated carbocycles. The summed E-state index contributed by atoms with van der Waals surface area (Å²) in [4.78, 5) is 8.64. The van der Waals surface area contributed by atoms with Gasteiger partial charge in [-0.2, -0.15) is 5.10 Å². The molecular formula is C32H37ClFN5O. The lowest BCUT2D eigenvalue weighted by atomic mass is 9.97. The van der Waals surface area contributed by atoms with Crippen molar-refractivity contribution in [3.05, 3.63) is 76.3 Å². The van der Waals surface area contributed by atoms with Gasteiger partial charge in [-0.25, -0.2) is 9.37 Å². The first kappa shape index (κ1) is 28.1. The van der Waals surface area contributed by atoms with Gasteiger partial charge in [-0.3, -0.25) is 10.1 Å². The maximum absolute atomic E-state index is 15.3. The molecule has 0 amide bonds. The molecule has 1 atom stereocenters. The van der Waals surface area contributed by atoms with E-state index in [9.17, 15) is 0 Å². The van der Waals surface area contributed by atoms with E-state index in [0.29, 0.717) is 28.1 Å². The Kier molecular flexibility index (Phi) is 9.32. The lowest BCUT2D eigenvalue weighted by molar-refractivity contribution is 0.226. The molecule has 0 saturated heterocycles. The number of hydrogen-bond donors (Lipinski definition) is 2. The summed E-state index contributed by atoms with van der Waals surface area (Å²) in [6, 6.07) is 9.63. The van der Waals surface area contributed by atoms with E-state index in [-0.39, 0.29) is 11.9 Å². The monoisotopic (exact) mass is 561 g/mol. The Morgan fingerprint density at radius 2 is 1.80 bits per heavy atom. The van der Waals surface area contributed by atoms with Gasteiger partial charge in [0.1, 0.15) is 23.5 Å². The van der Waals surface area contributed by atoms with Crippen molar-refractivity contribution >= 4 is 40.2 Å². The lowest BCUT2D eigenvalue weighted by Gasteiger charge is -2.20. The third kappa shape index (κ3) is 7.00. The zero-order valence-electron chi connectivity index (χ0n) is 23.2. The zero-order chi connectivity index (χ0) is 27.9. The van der Waals surface area contributed by atoms with E-state index in [0.717, 1.165) is 40.7 Å². The summed E-state index contributed by atoms with van der Waals surface area (Å²) < 4.78 is 21.5. The first-order chi connectivity index (χ1) is 19.5. The molecule has 1 aliphatic carbocycles. The average Bonchev–Trinajstić information content (AvgIpc) is 3.34. The molecule has 6 nitrogen and oxygen atoms in total. The number of hydrogen-bond acceptors (Lipinski definition) is 5. The minimum Gasteiger partial charge on any atom is -0.486 e. The van der Waals surface area contributed by atoms with Crippen molar-refractivity contribution in [2.75, 3.05) is 5.32 Å². The van der Waals surface area contributed by atoms with Crippen molar-refractivity contribution in [1.29, 1.82) is 0 Å². The Balaban J connectivity index is 1.28. The Hall–Kier alpha value is -3.45. The highest BCUT2D eigenvalue weighted by Gasteiger charge is 2.16. The number of aromatic nitrogens is 4. The predicted octanol–water partition coefficient (Wildman–Crippen LogP) is 9.23. The number of anilines is 1. The van der Waals surface area contributed by atoms with Crippen molar-refractivity contribution in [2.24, 2.45) is 0 Å². The van der Waals surface area contributed by atoms with Gasteiger partial charge in [-0.1, -0.05) is 56.5 Å². The Bertz CT molecular complexity index is 1420. The Morgan fingerprint density at radius 3 is 2.50 bits per heavy atom. The van der Waals surface area contributed by atoms with Gasteiger partial charge >= 0.3 is 0 Å². The van der Waals surface area contributed by atoms with Crippen LogP contribution in [0.1, 0.15) is 93.2 Å². The van der Waals surface area contributed by atoms with Gasteiger partial charge in [0.15, 0.2) is 0 Å². The molecule has 210 valence electrons. The maximum Gasteiger partial charge on any atom is 0.134 e. The molecule has 0 unspecified atom stereocenters. The number of benzene rings is 1. The fourth-order valence-corrected chi connectivity index (χ4v) is 5.86. The van der Waals surface area contributed by atoms with Gasteiger partial charge in [0.05, 0.1) is 16.2 Å². The van der Waals surface area contributed by atoms with Crippen LogP contribution in [-0.2, 0) is 0 Å². The Labute approximate surface area is 240 Å². The van der Waals surface area contributed by atoms with E-state index in [4.69, 9.17) is 16.3 Å². The fourth-order valence-electron chi connectivity index (χ4n) is 5.51. The van der Waals surface area contributed by atoms with E-state index >= 15 is 4.39 Å². The molecule has 3 aromatic heterocycles. The summed E-state index contributed by atoms with van der Waals surface area (Å²) >= 11 is 6.38. The molecular weight excluding hydrogens is 525 g/mol. The molecule has 8 heteroatoms. The summed E-state index contributed by atoms with van der Waals surface area (Å²) in [6.45, 7) is 3.90. The predicted molar refractivity (Wildman–Crippen MR) is 161 cm³/mol. The molecule has 0 aliphatic heterocycles. The highest BCUT2D eigenvalue weighted by molar-refractivity contribution is 6.31. The first-order valence-corrected chi connectivity index (χ1v) is 14.7. The smallest absolute Gasteiger partial charge is 0.134 e. The van der Waals surface area contributed by atoms with E-state index < -0.39 is 0 Å². The molecule has 0 bridgehead atoms. The van der Waals surface area contributed by atoms with Crippen LogP contribution >= 0.6 is 11.6 Å². The highest BCUT2D eigenvalue weighted by Crippen LogP contribution is 2.32. The van der Waals surface area contributed by atoms with Gasteiger partial charge in [0.2, 0.25) is 0 Å². The third-order valence-corrected chi connectivity index (χ3v) is 7.98. The molecule has 40 heavy (non-hydrogen) atoms. The van der Waals surface area contributed by atoms with E-state index in [1.165, 1.54) is 51.0 Å². The molecule has 0 radical (unpaired) electrons. The van der Waals surface area contributed by atoms with Gasteiger partial charge in [0, 0.05) is 47.2 Å². The number of aryl methyl sites for hydroxylation is 1. The number of aromatic amines is 1.